The van der Waals surface area contributed by atoms with Gasteiger partial charge >= 0.3 is 0 Å². The van der Waals surface area contributed by atoms with Gasteiger partial charge in [0.25, 0.3) is 0 Å². The van der Waals surface area contributed by atoms with Gasteiger partial charge in [-0.1, -0.05) is 13.3 Å². The van der Waals surface area contributed by atoms with Crippen LogP contribution in [0.5, 0.6) is 0 Å². The Morgan fingerprint density at radius 3 is 2.45 bits per heavy atom. The molecule has 1 unspecified atom stereocenters. The highest BCUT2D eigenvalue weighted by Crippen LogP contribution is 1.87. The van der Waals surface area contributed by atoms with E-state index in [1.807, 2.05) is 6.92 Å². The maximum Gasteiger partial charge on any atom is 0.191 e. The molecule has 20 heavy (non-hydrogen) atoms. The van der Waals surface area contributed by atoms with Crippen molar-refractivity contribution in [2.75, 3.05) is 53.7 Å². The molecule has 0 aliphatic heterocycles. The Bertz CT molecular complexity index is 238. The van der Waals surface area contributed by atoms with E-state index in [2.05, 4.69) is 22.5 Å². The van der Waals surface area contributed by atoms with Crippen LogP contribution in [-0.2, 0) is 14.2 Å². The van der Waals surface area contributed by atoms with Crippen molar-refractivity contribution in [3.05, 3.63) is 0 Å². The van der Waals surface area contributed by atoms with Crippen LogP contribution in [0.4, 0.5) is 0 Å². The highest BCUT2D eigenvalue weighted by molar-refractivity contribution is 5.79. The van der Waals surface area contributed by atoms with Gasteiger partial charge < -0.3 is 24.8 Å². The van der Waals surface area contributed by atoms with Crippen LogP contribution in [0.2, 0.25) is 0 Å². The Balaban J connectivity index is 3.43. The number of rotatable bonds is 12. The molecule has 0 fully saturated rings. The molecule has 0 heterocycles. The third kappa shape index (κ3) is 12.2. The van der Waals surface area contributed by atoms with Gasteiger partial charge in [-0.2, -0.15) is 0 Å². The monoisotopic (exact) mass is 289 g/mol. The molecule has 0 radical (unpaired) electrons. The van der Waals surface area contributed by atoms with Crippen LogP contribution in [-0.4, -0.2) is 65.7 Å². The van der Waals surface area contributed by atoms with E-state index in [4.69, 9.17) is 14.2 Å². The normalized spacial score (nSPS) is 13.3. The van der Waals surface area contributed by atoms with Crippen LogP contribution in [0.25, 0.3) is 0 Å². The molecule has 0 aliphatic carbocycles. The maximum atomic E-state index is 5.47. The average molecular weight is 289 g/mol. The van der Waals surface area contributed by atoms with Gasteiger partial charge in [-0.05, 0) is 13.3 Å². The Morgan fingerprint density at radius 2 is 1.85 bits per heavy atom. The predicted octanol–water partition coefficient (Wildman–Crippen LogP) is 1.02. The first-order chi connectivity index (χ1) is 9.74. The van der Waals surface area contributed by atoms with Crippen LogP contribution in [0.15, 0.2) is 4.99 Å². The number of hydrogen-bond donors (Lipinski definition) is 2. The molecule has 6 heteroatoms. The van der Waals surface area contributed by atoms with E-state index >= 15 is 0 Å². The first-order valence-electron chi connectivity index (χ1n) is 7.36. The van der Waals surface area contributed by atoms with Gasteiger partial charge in [0.2, 0.25) is 0 Å². The van der Waals surface area contributed by atoms with Gasteiger partial charge in [-0.25, -0.2) is 0 Å². The minimum atomic E-state index is 0.221. The second-order valence-electron chi connectivity index (χ2n) is 4.58. The van der Waals surface area contributed by atoms with Crippen LogP contribution in [0, 0.1) is 0 Å². The van der Waals surface area contributed by atoms with Crippen LogP contribution < -0.4 is 10.6 Å². The lowest BCUT2D eigenvalue weighted by Crippen LogP contribution is -2.44. The highest BCUT2D eigenvalue weighted by Gasteiger charge is 2.03. The molecule has 0 spiro atoms. The maximum absolute atomic E-state index is 5.47. The van der Waals surface area contributed by atoms with Gasteiger partial charge in [-0.15, -0.1) is 0 Å². The number of nitrogens with one attached hydrogen (secondary N) is 2. The molecular weight excluding hydrogens is 258 g/mol. The number of ether oxygens (including phenoxy) is 3. The quantitative estimate of drug-likeness (QED) is 0.319. The van der Waals surface area contributed by atoms with E-state index in [-0.39, 0.29) is 6.04 Å². The van der Waals surface area contributed by atoms with Crippen molar-refractivity contribution >= 4 is 5.96 Å². The number of nitrogens with zero attached hydrogens (tertiary/aromatic N) is 1. The van der Waals surface area contributed by atoms with E-state index < -0.39 is 0 Å². The van der Waals surface area contributed by atoms with E-state index in [0.717, 1.165) is 19.0 Å². The molecular formula is C14H31N3O3. The number of hydrogen-bond acceptors (Lipinski definition) is 4. The second-order valence-corrected chi connectivity index (χ2v) is 4.58. The average Bonchev–Trinajstić information content (AvgIpc) is 2.44. The summed E-state index contributed by atoms with van der Waals surface area (Å²) in [4.78, 5) is 4.14. The fourth-order valence-corrected chi connectivity index (χ4v) is 1.53. The second kappa shape index (κ2) is 14.6. The molecule has 1 atom stereocenters. The van der Waals surface area contributed by atoms with Crippen molar-refractivity contribution in [2.24, 2.45) is 4.99 Å². The first kappa shape index (κ1) is 19.1. The van der Waals surface area contributed by atoms with Crippen molar-refractivity contribution in [1.82, 2.24) is 10.6 Å². The van der Waals surface area contributed by atoms with Crippen molar-refractivity contribution in [3.63, 3.8) is 0 Å². The SMILES string of the molecule is CCCCOCCOCCNC(=NC)NC(C)COC. The summed E-state index contributed by atoms with van der Waals surface area (Å²) < 4.78 is 15.9. The van der Waals surface area contributed by atoms with Gasteiger partial charge in [0, 0.05) is 33.4 Å². The largest absolute Gasteiger partial charge is 0.383 e. The van der Waals surface area contributed by atoms with Crippen molar-refractivity contribution in [2.45, 2.75) is 32.7 Å². The van der Waals surface area contributed by atoms with E-state index in [0.29, 0.717) is 33.0 Å². The number of methoxy groups -OCH3 is 1. The molecule has 0 aromatic carbocycles. The summed E-state index contributed by atoms with van der Waals surface area (Å²) in [6.07, 6.45) is 2.28. The van der Waals surface area contributed by atoms with E-state index in [1.165, 1.54) is 6.42 Å². The Hall–Kier alpha value is -0.850. The molecule has 2 N–H and O–H groups in total. The topological polar surface area (TPSA) is 64.1 Å². The number of unbranched alkanes of at least 4 members (excludes halogenated alkanes) is 1. The molecule has 120 valence electrons. The summed E-state index contributed by atoms with van der Waals surface area (Å²) in [6.45, 7) is 8.32. The molecule has 0 saturated heterocycles. The lowest BCUT2D eigenvalue weighted by atomic mass is 10.4. The zero-order chi connectivity index (χ0) is 15.1. The van der Waals surface area contributed by atoms with Crippen molar-refractivity contribution in [1.29, 1.82) is 0 Å². The zero-order valence-corrected chi connectivity index (χ0v) is 13.4. The van der Waals surface area contributed by atoms with Crippen molar-refractivity contribution < 1.29 is 14.2 Å². The van der Waals surface area contributed by atoms with Crippen LogP contribution in [0.1, 0.15) is 26.7 Å². The minimum absolute atomic E-state index is 0.221. The Labute approximate surface area is 123 Å². The van der Waals surface area contributed by atoms with Crippen molar-refractivity contribution in [3.8, 4) is 0 Å². The summed E-state index contributed by atoms with van der Waals surface area (Å²) in [6, 6.07) is 0.221. The molecule has 0 saturated carbocycles. The minimum Gasteiger partial charge on any atom is -0.383 e. The fraction of sp³-hybridized carbons (Fsp3) is 0.929. The van der Waals surface area contributed by atoms with Crippen LogP contribution in [0.3, 0.4) is 0 Å². The summed E-state index contributed by atoms with van der Waals surface area (Å²) in [5, 5.41) is 6.41. The molecule has 0 aromatic heterocycles. The smallest absolute Gasteiger partial charge is 0.191 e. The standard InChI is InChI=1S/C14H31N3O3/c1-5-6-8-19-10-11-20-9-7-16-14(15-3)17-13(2)12-18-4/h13H,5-12H2,1-4H3,(H2,15,16,17). The van der Waals surface area contributed by atoms with E-state index in [1.54, 1.807) is 14.2 Å². The fourth-order valence-electron chi connectivity index (χ4n) is 1.53. The molecule has 0 bridgehead atoms. The Kier molecular flexibility index (Phi) is 13.9. The lowest BCUT2D eigenvalue weighted by molar-refractivity contribution is 0.0487. The summed E-state index contributed by atoms with van der Waals surface area (Å²) in [7, 11) is 3.43. The van der Waals surface area contributed by atoms with Gasteiger partial charge in [-0.3, -0.25) is 4.99 Å². The number of guanidine groups is 1. The Morgan fingerprint density at radius 1 is 1.15 bits per heavy atom. The number of aliphatic imine (C=N–C) groups is 1. The van der Waals surface area contributed by atoms with E-state index in [9.17, 15) is 0 Å². The predicted molar refractivity (Wildman–Crippen MR) is 82.4 cm³/mol. The van der Waals surface area contributed by atoms with Gasteiger partial charge in [0.1, 0.15) is 0 Å². The third-order valence-corrected chi connectivity index (χ3v) is 2.58. The zero-order valence-electron chi connectivity index (χ0n) is 13.4. The third-order valence-electron chi connectivity index (χ3n) is 2.58. The summed E-state index contributed by atoms with van der Waals surface area (Å²) in [5.41, 5.74) is 0. The first-order valence-corrected chi connectivity index (χ1v) is 7.36. The summed E-state index contributed by atoms with van der Waals surface area (Å²) >= 11 is 0. The molecule has 0 rings (SSSR count). The molecule has 0 aliphatic rings. The molecule has 0 amide bonds. The molecule has 0 aromatic rings. The van der Waals surface area contributed by atoms with Gasteiger partial charge in [0.15, 0.2) is 5.96 Å². The summed E-state index contributed by atoms with van der Waals surface area (Å²) in [5.74, 6) is 0.761. The van der Waals surface area contributed by atoms with Crippen LogP contribution >= 0.6 is 0 Å². The van der Waals surface area contributed by atoms with Gasteiger partial charge in [0.05, 0.1) is 26.4 Å². The molecule has 6 nitrogen and oxygen atoms in total. The lowest BCUT2D eigenvalue weighted by Gasteiger charge is -2.17. The highest BCUT2D eigenvalue weighted by atomic mass is 16.5.